The Morgan fingerprint density at radius 1 is 1.17 bits per heavy atom. The van der Waals surface area contributed by atoms with Crippen molar-refractivity contribution in [3.63, 3.8) is 0 Å². The van der Waals surface area contributed by atoms with Crippen molar-refractivity contribution in [1.82, 2.24) is 20.2 Å². The van der Waals surface area contributed by atoms with Gasteiger partial charge in [-0.1, -0.05) is 0 Å². The Kier molecular flexibility index (Phi) is 5.03. The van der Waals surface area contributed by atoms with Crippen LogP contribution in [0.3, 0.4) is 0 Å². The number of hydrogen-bond donors (Lipinski definition) is 2. The summed E-state index contributed by atoms with van der Waals surface area (Å²) in [6, 6.07) is 7.92. The van der Waals surface area contributed by atoms with E-state index >= 15 is 0 Å². The van der Waals surface area contributed by atoms with Gasteiger partial charge < -0.3 is 20.1 Å². The van der Waals surface area contributed by atoms with E-state index in [9.17, 15) is 4.79 Å². The van der Waals surface area contributed by atoms with E-state index in [0.717, 1.165) is 30.2 Å². The summed E-state index contributed by atoms with van der Waals surface area (Å²) in [5, 5.41) is 5.80. The molecule has 0 unspecified atom stereocenters. The van der Waals surface area contributed by atoms with E-state index < -0.39 is 0 Å². The second-order valence-electron chi connectivity index (χ2n) is 6.28. The zero-order valence-electron chi connectivity index (χ0n) is 14.4. The maximum atomic E-state index is 12.0. The van der Waals surface area contributed by atoms with Crippen molar-refractivity contribution < 1.29 is 4.79 Å². The van der Waals surface area contributed by atoms with Crippen molar-refractivity contribution in [1.29, 1.82) is 0 Å². The number of aromatic nitrogens is 2. The number of aryl methyl sites for hydroxylation is 1. The predicted octanol–water partition coefficient (Wildman–Crippen LogP) is 2.33. The van der Waals surface area contributed by atoms with Crippen LogP contribution in [0.25, 0.3) is 0 Å². The molecule has 0 aliphatic carbocycles. The Bertz CT molecular complexity index is 703. The monoisotopic (exact) mass is 327 g/mol. The fraction of sp³-hybridized carbons (Fsp3) is 0.444. The first-order valence-electron chi connectivity index (χ1n) is 8.46. The number of hydrogen-bond acceptors (Lipinski definition) is 3. The van der Waals surface area contributed by atoms with E-state index in [4.69, 9.17) is 0 Å². The average molecular weight is 327 g/mol. The highest BCUT2D eigenvalue weighted by atomic mass is 16.2. The summed E-state index contributed by atoms with van der Waals surface area (Å²) in [7, 11) is 2.00. The molecule has 1 aliphatic heterocycles. The fourth-order valence-corrected chi connectivity index (χ4v) is 2.95. The van der Waals surface area contributed by atoms with Gasteiger partial charge in [-0.3, -0.25) is 0 Å². The van der Waals surface area contributed by atoms with Gasteiger partial charge in [-0.2, -0.15) is 0 Å². The number of carbonyl (C=O) groups is 1. The number of nitrogens with one attached hydrogen (secondary N) is 2. The SMILES string of the molecule is Cc1ccc(CNC(=O)NCc2ccnc(N3CCCC3)c2)n1C. The smallest absolute Gasteiger partial charge is 0.315 e. The van der Waals surface area contributed by atoms with Crippen molar-refractivity contribution in [3.05, 3.63) is 47.4 Å². The Hall–Kier alpha value is -2.50. The second-order valence-corrected chi connectivity index (χ2v) is 6.28. The van der Waals surface area contributed by atoms with Crippen LogP contribution in [0.5, 0.6) is 0 Å². The highest BCUT2D eigenvalue weighted by Gasteiger charge is 2.13. The fourth-order valence-electron chi connectivity index (χ4n) is 2.95. The van der Waals surface area contributed by atoms with Gasteiger partial charge in [-0.25, -0.2) is 9.78 Å². The normalized spacial score (nSPS) is 14.0. The summed E-state index contributed by atoms with van der Waals surface area (Å²) >= 11 is 0. The van der Waals surface area contributed by atoms with Crippen LogP contribution in [0, 0.1) is 6.92 Å². The van der Waals surface area contributed by atoms with Crippen molar-refractivity contribution in [2.75, 3.05) is 18.0 Å². The quantitative estimate of drug-likeness (QED) is 0.886. The Morgan fingerprint density at radius 2 is 1.92 bits per heavy atom. The molecule has 0 spiro atoms. The van der Waals surface area contributed by atoms with Crippen molar-refractivity contribution >= 4 is 11.8 Å². The van der Waals surface area contributed by atoms with Crippen LogP contribution in [0.2, 0.25) is 0 Å². The maximum Gasteiger partial charge on any atom is 0.315 e. The topological polar surface area (TPSA) is 62.2 Å². The predicted molar refractivity (Wildman–Crippen MR) is 94.9 cm³/mol. The first-order valence-corrected chi connectivity index (χ1v) is 8.46. The molecule has 0 atom stereocenters. The molecule has 6 heteroatoms. The largest absolute Gasteiger partial charge is 0.357 e. The molecule has 0 saturated carbocycles. The molecule has 1 aliphatic rings. The van der Waals surface area contributed by atoms with Crippen LogP contribution in [0.4, 0.5) is 10.6 Å². The van der Waals surface area contributed by atoms with Gasteiger partial charge in [0, 0.05) is 44.3 Å². The molecule has 0 aromatic carbocycles. The Morgan fingerprint density at radius 3 is 2.62 bits per heavy atom. The maximum absolute atomic E-state index is 12.0. The summed E-state index contributed by atoms with van der Waals surface area (Å²) in [4.78, 5) is 18.7. The zero-order valence-corrected chi connectivity index (χ0v) is 14.4. The molecule has 3 heterocycles. The molecule has 0 radical (unpaired) electrons. The minimum Gasteiger partial charge on any atom is -0.357 e. The van der Waals surface area contributed by atoms with Crippen LogP contribution >= 0.6 is 0 Å². The van der Waals surface area contributed by atoms with Gasteiger partial charge in [0.15, 0.2) is 0 Å². The molecule has 0 bridgehead atoms. The number of carbonyl (C=O) groups excluding carboxylic acids is 1. The molecule has 24 heavy (non-hydrogen) atoms. The molecule has 3 rings (SSSR count). The summed E-state index contributed by atoms with van der Waals surface area (Å²) in [6.07, 6.45) is 4.27. The molecule has 6 nitrogen and oxygen atoms in total. The number of urea groups is 1. The average Bonchev–Trinajstić information content (AvgIpc) is 3.23. The zero-order chi connectivity index (χ0) is 16.9. The highest BCUT2D eigenvalue weighted by Crippen LogP contribution is 2.18. The minimum atomic E-state index is -0.159. The molecule has 2 aromatic rings. The van der Waals surface area contributed by atoms with Crippen LogP contribution in [-0.4, -0.2) is 28.7 Å². The number of anilines is 1. The van der Waals surface area contributed by atoms with Crippen LogP contribution < -0.4 is 15.5 Å². The van der Waals surface area contributed by atoms with Gasteiger partial charge >= 0.3 is 6.03 Å². The Balaban J connectivity index is 1.49. The molecular formula is C18H25N5O. The number of pyridine rings is 1. The molecule has 2 N–H and O–H groups in total. The molecule has 1 saturated heterocycles. The van der Waals surface area contributed by atoms with Crippen molar-refractivity contribution in [2.45, 2.75) is 32.9 Å². The van der Waals surface area contributed by atoms with Crippen LogP contribution in [0.1, 0.15) is 29.8 Å². The van der Waals surface area contributed by atoms with Crippen molar-refractivity contribution in [3.8, 4) is 0 Å². The molecule has 128 valence electrons. The third-order valence-electron chi connectivity index (χ3n) is 4.60. The lowest BCUT2D eigenvalue weighted by molar-refractivity contribution is 0.240. The summed E-state index contributed by atoms with van der Waals surface area (Å²) in [5.41, 5.74) is 3.33. The van der Waals surface area contributed by atoms with E-state index in [1.54, 1.807) is 0 Å². The lowest BCUT2D eigenvalue weighted by Crippen LogP contribution is -2.35. The highest BCUT2D eigenvalue weighted by molar-refractivity contribution is 5.73. The lowest BCUT2D eigenvalue weighted by Gasteiger charge is -2.17. The van der Waals surface area contributed by atoms with Gasteiger partial charge in [0.2, 0.25) is 0 Å². The van der Waals surface area contributed by atoms with E-state index in [2.05, 4.69) is 31.2 Å². The van der Waals surface area contributed by atoms with Gasteiger partial charge in [0.25, 0.3) is 0 Å². The van der Waals surface area contributed by atoms with Gasteiger partial charge in [-0.15, -0.1) is 0 Å². The second kappa shape index (κ2) is 7.38. The lowest BCUT2D eigenvalue weighted by atomic mass is 10.2. The van der Waals surface area contributed by atoms with Gasteiger partial charge in [0.1, 0.15) is 5.82 Å². The van der Waals surface area contributed by atoms with E-state index in [1.807, 2.05) is 38.4 Å². The van der Waals surface area contributed by atoms with Crippen molar-refractivity contribution in [2.24, 2.45) is 7.05 Å². The third-order valence-corrected chi connectivity index (χ3v) is 4.60. The number of nitrogens with zero attached hydrogens (tertiary/aromatic N) is 3. The van der Waals surface area contributed by atoms with Crippen LogP contribution in [-0.2, 0) is 20.1 Å². The standard InChI is InChI=1S/C18H25N5O/c1-14-5-6-16(22(14)2)13-21-18(24)20-12-15-7-8-19-17(11-15)23-9-3-4-10-23/h5-8,11H,3-4,9-10,12-13H2,1-2H3,(H2,20,21,24). The third kappa shape index (κ3) is 3.88. The van der Waals surface area contributed by atoms with Gasteiger partial charge in [-0.05, 0) is 49.6 Å². The first kappa shape index (κ1) is 16.4. The molecular weight excluding hydrogens is 302 g/mol. The molecule has 2 amide bonds. The molecule has 2 aromatic heterocycles. The van der Waals surface area contributed by atoms with Gasteiger partial charge in [0.05, 0.1) is 6.54 Å². The Labute approximate surface area is 142 Å². The molecule has 1 fully saturated rings. The summed E-state index contributed by atoms with van der Waals surface area (Å²) in [5.74, 6) is 1.01. The first-order chi connectivity index (χ1) is 11.6. The number of amides is 2. The minimum absolute atomic E-state index is 0.159. The van der Waals surface area contributed by atoms with E-state index in [0.29, 0.717) is 13.1 Å². The van der Waals surface area contributed by atoms with E-state index in [1.165, 1.54) is 18.5 Å². The van der Waals surface area contributed by atoms with Crippen LogP contribution in [0.15, 0.2) is 30.5 Å². The summed E-state index contributed by atoms with van der Waals surface area (Å²) < 4.78 is 2.07. The summed E-state index contributed by atoms with van der Waals surface area (Å²) in [6.45, 7) is 5.21. The van der Waals surface area contributed by atoms with E-state index in [-0.39, 0.29) is 6.03 Å². The number of rotatable bonds is 5.